The molecule has 2 aromatic heterocycles. The number of sulfone groups is 1. The van der Waals surface area contributed by atoms with Gasteiger partial charge in [-0.3, -0.25) is 4.79 Å². The van der Waals surface area contributed by atoms with Crippen LogP contribution < -0.4 is 5.32 Å². The topological polar surface area (TPSA) is 94.0 Å². The quantitative estimate of drug-likeness (QED) is 0.680. The van der Waals surface area contributed by atoms with E-state index in [4.69, 9.17) is 0 Å². The first-order valence-electron chi connectivity index (χ1n) is 9.60. The van der Waals surface area contributed by atoms with Crippen molar-refractivity contribution >= 4 is 21.4 Å². The van der Waals surface area contributed by atoms with Crippen molar-refractivity contribution in [1.29, 1.82) is 0 Å². The van der Waals surface area contributed by atoms with Crippen molar-refractivity contribution in [1.82, 2.24) is 14.8 Å². The molecular formula is C19H23F3N4O3S. The Hall–Kier alpha value is -2.43. The molecule has 0 aromatic carbocycles. The van der Waals surface area contributed by atoms with E-state index in [-0.39, 0.29) is 16.5 Å². The van der Waals surface area contributed by atoms with E-state index >= 15 is 0 Å². The molecule has 7 nitrogen and oxygen atoms in total. The van der Waals surface area contributed by atoms with E-state index in [9.17, 15) is 26.4 Å². The third-order valence-electron chi connectivity index (χ3n) is 5.13. The van der Waals surface area contributed by atoms with Gasteiger partial charge in [0.2, 0.25) is 0 Å². The predicted octanol–water partition coefficient (Wildman–Crippen LogP) is 3.88. The maximum atomic E-state index is 13.6. The summed E-state index contributed by atoms with van der Waals surface area (Å²) in [6.45, 7) is 1.48. The van der Waals surface area contributed by atoms with E-state index in [2.05, 4.69) is 15.4 Å². The van der Waals surface area contributed by atoms with Crippen LogP contribution in [0.15, 0.2) is 23.4 Å². The van der Waals surface area contributed by atoms with Crippen molar-refractivity contribution in [2.24, 2.45) is 5.92 Å². The molecule has 2 aromatic rings. The summed E-state index contributed by atoms with van der Waals surface area (Å²) in [7, 11) is -3.57. The molecule has 0 unspecified atom stereocenters. The van der Waals surface area contributed by atoms with Crippen LogP contribution in [0.4, 0.5) is 19.0 Å². The molecule has 0 radical (unpaired) electrons. The zero-order valence-electron chi connectivity index (χ0n) is 16.7. The first kappa shape index (κ1) is 22.3. The van der Waals surface area contributed by atoms with Gasteiger partial charge in [-0.05, 0) is 37.8 Å². The highest BCUT2D eigenvalue weighted by Gasteiger charge is 2.41. The molecule has 0 aliphatic heterocycles. The highest BCUT2D eigenvalue weighted by Crippen LogP contribution is 2.36. The molecule has 0 saturated heterocycles. The zero-order chi connectivity index (χ0) is 22.1. The first-order chi connectivity index (χ1) is 14.0. The lowest BCUT2D eigenvalue weighted by atomic mass is 9.89. The second-order valence-corrected chi connectivity index (χ2v) is 9.51. The molecule has 11 heteroatoms. The normalized spacial score (nSPS) is 15.9. The minimum atomic E-state index is -4.83. The van der Waals surface area contributed by atoms with Crippen molar-refractivity contribution in [3.63, 3.8) is 0 Å². The van der Waals surface area contributed by atoms with Gasteiger partial charge >= 0.3 is 6.18 Å². The Morgan fingerprint density at radius 2 is 1.90 bits per heavy atom. The third-order valence-corrected chi connectivity index (χ3v) is 6.14. The molecule has 1 aliphatic carbocycles. The second-order valence-electron chi connectivity index (χ2n) is 7.55. The molecule has 1 N–H and O–H groups in total. The van der Waals surface area contributed by atoms with E-state index in [1.54, 1.807) is 0 Å². The maximum Gasteiger partial charge on any atom is 0.435 e. The van der Waals surface area contributed by atoms with Gasteiger partial charge in [-0.2, -0.15) is 18.3 Å². The van der Waals surface area contributed by atoms with Crippen LogP contribution in [0, 0.1) is 5.92 Å². The lowest BCUT2D eigenvalue weighted by Crippen LogP contribution is -2.20. The fourth-order valence-electron chi connectivity index (χ4n) is 3.65. The standard InChI is InChI=1S/C19H23F3N4O3S/c1-12(27)16-17(19(20,21)22)25-26(14-8-9-15(23-11-14)30(2,28)29)18(16)24-10-13-6-4-3-5-7-13/h8-9,11,13,24H,3-7,10H2,1-2H3. The fourth-order valence-corrected chi connectivity index (χ4v) is 4.21. The Balaban J connectivity index is 2.06. The predicted molar refractivity (Wildman–Crippen MR) is 105 cm³/mol. The second kappa shape index (κ2) is 8.37. The zero-order valence-corrected chi connectivity index (χ0v) is 17.5. The Morgan fingerprint density at radius 1 is 1.23 bits per heavy atom. The van der Waals surface area contributed by atoms with E-state index in [0.717, 1.165) is 56.2 Å². The van der Waals surface area contributed by atoms with E-state index in [1.165, 1.54) is 12.1 Å². The molecule has 3 rings (SSSR count). The number of rotatable bonds is 6. The largest absolute Gasteiger partial charge is 0.435 e. The van der Waals surface area contributed by atoms with Crippen LogP contribution in [0.3, 0.4) is 0 Å². The van der Waals surface area contributed by atoms with Gasteiger partial charge in [0.1, 0.15) is 5.82 Å². The number of pyridine rings is 1. The number of nitrogens with one attached hydrogen (secondary N) is 1. The van der Waals surface area contributed by atoms with Gasteiger partial charge in [0.15, 0.2) is 26.3 Å². The van der Waals surface area contributed by atoms with Crippen molar-refractivity contribution in [2.75, 3.05) is 18.1 Å². The Bertz CT molecular complexity index is 1020. The van der Waals surface area contributed by atoms with Gasteiger partial charge < -0.3 is 5.32 Å². The summed E-state index contributed by atoms with van der Waals surface area (Å²) in [5.41, 5.74) is -1.70. The highest BCUT2D eigenvalue weighted by molar-refractivity contribution is 7.90. The number of Topliss-reactive ketones (excluding diaryl/α,β-unsaturated/α-hetero) is 1. The van der Waals surface area contributed by atoms with E-state index in [1.807, 2.05) is 0 Å². The number of ketones is 1. The van der Waals surface area contributed by atoms with E-state index in [0.29, 0.717) is 12.5 Å². The molecule has 1 saturated carbocycles. The number of anilines is 1. The lowest BCUT2D eigenvalue weighted by molar-refractivity contribution is -0.141. The van der Waals surface area contributed by atoms with Crippen molar-refractivity contribution in [2.45, 2.75) is 50.2 Å². The molecule has 0 bridgehead atoms. The third kappa shape index (κ3) is 4.82. The minimum absolute atomic E-state index is 0.0608. The van der Waals surface area contributed by atoms with Gasteiger partial charge in [-0.1, -0.05) is 19.3 Å². The number of carbonyl (C=O) groups is 1. The number of hydrogen-bond donors (Lipinski definition) is 1. The first-order valence-corrected chi connectivity index (χ1v) is 11.5. The summed E-state index contributed by atoms with van der Waals surface area (Å²) in [5, 5.41) is 6.44. The van der Waals surface area contributed by atoms with Crippen molar-refractivity contribution in [3.05, 3.63) is 29.6 Å². The van der Waals surface area contributed by atoms with Crippen LogP contribution in [0.2, 0.25) is 0 Å². The summed E-state index contributed by atoms with van der Waals surface area (Å²) >= 11 is 0. The van der Waals surface area contributed by atoms with Crippen LogP contribution in [0.25, 0.3) is 5.69 Å². The minimum Gasteiger partial charge on any atom is -0.369 e. The van der Waals surface area contributed by atoms with Crippen molar-refractivity contribution in [3.8, 4) is 5.69 Å². The van der Waals surface area contributed by atoms with Crippen LogP contribution in [-0.4, -0.2) is 41.8 Å². The molecule has 0 amide bonds. The number of alkyl halides is 3. The Kier molecular flexibility index (Phi) is 6.21. The number of aromatic nitrogens is 3. The van der Waals surface area contributed by atoms with Gasteiger partial charge in [0.05, 0.1) is 17.4 Å². The average Bonchev–Trinajstić information content (AvgIpc) is 3.07. The summed E-state index contributed by atoms with van der Waals surface area (Å²) in [5.74, 6) is -0.531. The van der Waals surface area contributed by atoms with Crippen LogP contribution in [-0.2, 0) is 16.0 Å². The lowest BCUT2D eigenvalue weighted by Gasteiger charge is -2.22. The summed E-state index contributed by atoms with van der Waals surface area (Å²) in [6.07, 6.45) is 2.48. The van der Waals surface area contributed by atoms with Crippen LogP contribution in [0.5, 0.6) is 0 Å². The van der Waals surface area contributed by atoms with Gasteiger partial charge in [-0.15, -0.1) is 0 Å². The molecule has 0 spiro atoms. The van der Waals surface area contributed by atoms with Gasteiger partial charge in [-0.25, -0.2) is 18.1 Å². The monoisotopic (exact) mass is 444 g/mol. The number of nitrogens with zero attached hydrogens (tertiary/aromatic N) is 3. The summed E-state index contributed by atoms with van der Waals surface area (Å²) in [4.78, 5) is 15.9. The Morgan fingerprint density at radius 3 is 2.40 bits per heavy atom. The molecule has 30 heavy (non-hydrogen) atoms. The summed E-state index contributed by atoms with van der Waals surface area (Å²) < 4.78 is 64.9. The molecular weight excluding hydrogens is 421 g/mol. The number of halogens is 3. The average molecular weight is 444 g/mol. The smallest absolute Gasteiger partial charge is 0.369 e. The molecule has 0 atom stereocenters. The van der Waals surface area contributed by atoms with Crippen LogP contribution >= 0.6 is 0 Å². The van der Waals surface area contributed by atoms with Gasteiger partial charge in [0.25, 0.3) is 0 Å². The molecule has 2 heterocycles. The molecule has 164 valence electrons. The summed E-state index contributed by atoms with van der Waals surface area (Å²) in [6, 6.07) is 2.50. The SMILES string of the molecule is CC(=O)c1c(C(F)(F)F)nn(-c2ccc(S(C)(=O)=O)nc2)c1NCC1CCCCC1. The van der Waals surface area contributed by atoms with Crippen molar-refractivity contribution < 1.29 is 26.4 Å². The number of hydrogen-bond acceptors (Lipinski definition) is 6. The number of carbonyl (C=O) groups excluding carboxylic acids is 1. The molecule has 1 aliphatic rings. The Labute approximate surface area is 172 Å². The van der Waals surface area contributed by atoms with Crippen LogP contribution in [0.1, 0.15) is 55.1 Å². The van der Waals surface area contributed by atoms with Gasteiger partial charge in [0, 0.05) is 12.8 Å². The van der Waals surface area contributed by atoms with E-state index < -0.39 is 33.1 Å². The fraction of sp³-hybridized carbons (Fsp3) is 0.526. The molecule has 1 fully saturated rings. The maximum absolute atomic E-state index is 13.6. The highest BCUT2D eigenvalue weighted by atomic mass is 32.2.